The number of nitrogens with zero attached hydrogens (tertiary/aromatic N) is 2. The lowest BCUT2D eigenvalue weighted by molar-refractivity contribution is -0.131. The average Bonchev–Trinajstić information content (AvgIpc) is 2.34. The van der Waals surface area contributed by atoms with E-state index >= 15 is 0 Å². The van der Waals surface area contributed by atoms with Crippen molar-refractivity contribution in [3.8, 4) is 0 Å². The highest BCUT2D eigenvalue weighted by molar-refractivity contribution is 5.78. The number of allylic oxidation sites excluding steroid dienone is 3. The van der Waals surface area contributed by atoms with Gasteiger partial charge in [0.25, 0.3) is 0 Å². The van der Waals surface area contributed by atoms with Crippen molar-refractivity contribution in [2.45, 2.75) is 6.92 Å². The zero-order valence-corrected chi connectivity index (χ0v) is 9.93. The maximum Gasteiger partial charge on any atom is 0.236 e. The van der Waals surface area contributed by atoms with E-state index in [2.05, 4.69) is 17.1 Å². The van der Waals surface area contributed by atoms with Gasteiger partial charge < -0.3 is 10.6 Å². The van der Waals surface area contributed by atoms with Gasteiger partial charge >= 0.3 is 0 Å². The minimum Gasteiger partial charge on any atom is -0.339 e. The van der Waals surface area contributed by atoms with Gasteiger partial charge in [0.15, 0.2) is 0 Å². The van der Waals surface area contributed by atoms with Gasteiger partial charge in [0.1, 0.15) is 0 Å². The first-order valence-electron chi connectivity index (χ1n) is 5.76. The van der Waals surface area contributed by atoms with E-state index in [1.807, 2.05) is 24.0 Å². The summed E-state index contributed by atoms with van der Waals surface area (Å²) < 4.78 is 0. The van der Waals surface area contributed by atoms with Gasteiger partial charge in [-0.15, -0.1) is 0 Å². The maximum absolute atomic E-state index is 11.3. The molecule has 2 N–H and O–H groups in total. The molecule has 0 radical (unpaired) electrons. The summed E-state index contributed by atoms with van der Waals surface area (Å²) in [7, 11) is 0. The number of hydrogen-bond acceptors (Lipinski definition) is 3. The van der Waals surface area contributed by atoms with Crippen LogP contribution in [0.15, 0.2) is 24.3 Å². The summed E-state index contributed by atoms with van der Waals surface area (Å²) in [4.78, 5) is 15.5. The fourth-order valence-corrected chi connectivity index (χ4v) is 1.71. The summed E-state index contributed by atoms with van der Waals surface area (Å²) in [6.45, 7) is 6.55. The molecule has 1 amide bonds. The van der Waals surface area contributed by atoms with Gasteiger partial charge in [-0.2, -0.15) is 0 Å². The van der Waals surface area contributed by atoms with Crippen LogP contribution in [0, 0.1) is 0 Å². The molecule has 1 fully saturated rings. The molecule has 0 unspecified atom stereocenters. The molecule has 1 aliphatic heterocycles. The monoisotopic (exact) mass is 223 g/mol. The van der Waals surface area contributed by atoms with Crippen LogP contribution in [0.4, 0.5) is 0 Å². The molecule has 0 aromatic heterocycles. The number of carbonyl (C=O) groups excluding carboxylic acids is 1. The van der Waals surface area contributed by atoms with Gasteiger partial charge in [-0.05, 0) is 6.92 Å². The van der Waals surface area contributed by atoms with Gasteiger partial charge in [-0.1, -0.05) is 24.3 Å². The summed E-state index contributed by atoms with van der Waals surface area (Å²) in [5.41, 5.74) is 5.33. The minimum atomic E-state index is 0.0594. The lowest BCUT2D eigenvalue weighted by Gasteiger charge is -2.33. The van der Waals surface area contributed by atoms with Crippen LogP contribution in [0.2, 0.25) is 0 Å². The van der Waals surface area contributed by atoms with Crippen molar-refractivity contribution >= 4 is 5.91 Å². The van der Waals surface area contributed by atoms with Crippen LogP contribution < -0.4 is 5.73 Å². The Morgan fingerprint density at radius 1 is 1.25 bits per heavy atom. The standard InChI is InChI=1S/C12H21N3O/c1-2-3-4-5-6-14-7-9-15(10-8-14)12(16)11-13/h2-5H,6-11,13H2,1H3/b3-2-,5-4-. The maximum atomic E-state index is 11.3. The summed E-state index contributed by atoms with van der Waals surface area (Å²) in [6, 6.07) is 0. The smallest absolute Gasteiger partial charge is 0.236 e. The fraction of sp³-hybridized carbons (Fsp3) is 0.583. The highest BCUT2D eigenvalue weighted by atomic mass is 16.2. The molecule has 1 saturated heterocycles. The van der Waals surface area contributed by atoms with E-state index in [1.54, 1.807) is 0 Å². The Hall–Kier alpha value is -1.13. The van der Waals surface area contributed by atoms with Crippen molar-refractivity contribution in [2.24, 2.45) is 5.73 Å². The third-order valence-electron chi connectivity index (χ3n) is 2.70. The fourth-order valence-electron chi connectivity index (χ4n) is 1.71. The molecule has 0 aromatic carbocycles. The van der Waals surface area contributed by atoms with E-state index in [9.17, 15) is 4.79 Å². The van der Waals surface area contributed by atoms with Crippen molar-refractivity contribution < 1.29 is 4.79 Å². The van der Waals surface area contributed by atoms with Crippen LogP contribution in [0.5, 0.6) is 0 Å². The molecule has 0 bridgehead atoms. The van der Waals surface area contributed by atoms with Crippen molar-refractivity contribution in [1.82, 2.24) is 9.80 Å². The van der Waals surface area contributed by atoms with E-state index in [-0.39, 0.29) is 12.5 Å². The molecule has 4 nitrogen and oxygen atoms in total. The number of carbonyl (C=O) groups is 1. The van der Waals surface area contributed by atoms with Crippen LogP contribution >= 0.6 is 0 Å². The molecule has 1 rings (SSSR count). The van der Waals surface area contributed by atoms with Gasteiger partial charge in [0.2, 0.25) is 5.91 Å². The first-order chi connectivity index (χ1) is 7.77. The largest absolute Gasteiger partial charge is 0.339 e. The van der Waals surface area contributed by atoms with Crippen molar-refractivity contribution in [3.05, 3.63) is 24.3 Å². The zero-order chi connectivity index (χ0) is 11.8. The average molecular weight is 223 g/mol. The number of hydrogen-bond donors (Lipinski definition) is 1. The molecule has 0 saturated carbocycles. The Balaban J connectivity index is 2.24. The van der Waals surface area contributed by atoms with E-state index in [1.165, 1.54) is 0 Å². The molecule has 4 heteroatoms. The second kappa shape index (κ2) is 7.19. The summed E-state index contributed by atoms with van der Waals surface area (Å²) in [5, 5.41) is 0. The van der Waals surface area contributed by atoms with Crippen molar-refractivity contribution in [1.29, 1.82) is 0 Å². The molecule has 0 aromatic rings. The predicted molar refractivity (Wildman–Crippen MR) is 66.0 cm³/mol. The second-order valence-corrected chi connectivity index (χ2v) is 3.84. The SMILES string of the molecule is C/C=C\C=C/CN1CCN(C(=O)CN)CC1. The molecule has 16 heavy (non-hydrogen) atoms. The first kappa shape index (κ1) is 12.9. The molecule has 1 heterocycles. The van der Waals surface area contributed by atoms with E-state index in [4.69, 9.17) is 5.73 Å². The number of amides is 1. The Kier molecular flexibility index (Phi) is 5.82. The molecule has 90 valence electrons. The molecular formula is C12H21N3O. The van der Waals surface area contributed by atoms with Crippen molar-refractivity contribution in [2.75, 3.05) is 39.3 Å². The lowest BCUT2D eigenvalue weighted by atomic mass is 10.3. The van der Waals surface area contributed by atoms with Gasteiger partial charge in [0.05, 0.1) is 6.54 Å². The third-order valence-corrected chi connectivity index (χ3v) is 2.70. The summed E-state index contributed by atoms with van der Waals surface area (Å²) in [5.74, 6) is 0.0594. The van der Waals surface area contributed by atoms with Crippen LogP contribution in [-0.4, -0.2) is 55.0 Å². The van der Waals surface area contributed by atoms with Gasteiger partial charge in [0, 0.05) is 32.7 Å². The highest BCUT2D eigenvalue weighted by Gasteiger charge is 2.18. The Morgan fingerprint density at radius 3 is 2.50 bits per heavy atom. The molecule has 0 aliphatic carbocycles. The van der Waals surface area contributed by atoms with Crippen LogP contribution in [0.1, 0.15) is 6.92 Å². The topological polar surface area (TPSA) is 49.6 Å². The molecule has 0 atom stereocenters. The number of nitrogens with two attached hydrogens (primary N) is 1. The Morgan fingerprint density at radius 2 is 1.94 bits per heavy atom. The number of rotatable bonds is 4. The quantitative estimate of drug-likeness (QED) is 0.694. The van der Waals surface area contributed by atoms with E-state index in [0.717, 1.165) is 32.7 Å². The van der Waals surface area contributed by atoms with Gasteiger partial charge in [-0.3, -0.25) is 9.69 Å². The Labute approximate surface area is 97.4 Å². The molecule has 0 spiro atoms. The van der Waals surface area contributed by atoms with Crippen LogP contribution in [0.25, 0.3) is 0 Å². The van der Waals surface area contributed by atoms with Crippen LogP contribution in [-0.2, 0) is 4.79 Å². The third kappa shape index (κ3) is 4.16. The first-order valence-corrected chi connectivity index (χ1v) is 5.76. The summed E-state index contributed by atoms with van der Waals surface area (Å²) >= 11 is 0. The minimum absolute atomic E-state index is 0.0594. The normalized spacial score (nSPS) is 18.8. The van der Waals surface area contributed by atoms with E-state index < -0.39 is 0 Å². The predicted octanol–water partition coefficient (Wildman–Crippen LogP) is 0.222. The zero-order valence-electron chi connectivity index (χ0n) is 9.93. The number of piperazine rings is 1. The summed E-state index contributed by atoms with van der Waals surface area (Å²) in [6.07, 6.45) is 8.22. The van der Waals surface area contributed by atoms with E-state index in [0.29, 0.717) is 0 Å². The molecular weight excluding hydrogens is 202 g/mol. The Bertz CT molecular complexity index is 265. The van der Waals surface area contributed by atoms with Gasteiger partial charge in [-0.25, -0.2) is 0 Å². The van der Waals surface area contributed by atoms with Crippen LogP contribution in [0.3, 0.4) is 0 Å². The lowest BCUT2D eigenvalue weighted by Crippen LogP contribution is -2.50. The molecule has 1 aliphatic rings. The van der Waals surface area contributed by atoms with Crippen molar-refractivity contribution in [3.63, 3.8) is 0 Å². The second-order valence-electron chi connectivity index (χ2n) is 3.84. The highest BCUT2D eigenvalue weighted by Crippen LogP contribution is 2.01.